The Labute approximate surface area is 222 Å². The highest BCUT2D eigenvalue weighted by Crippen LogP contribution is 2.33. The molecule has 36 heavy (non-hydrogen) atoms. The minimum Gasteiger partial charge on any atom is -0.373 e. The summed E-state index contributed by atoms with van der Waals surface area (Å²) < 4.78 is 0. The smallest absolute Gasteiger partial charge is 0.0497 e. The zero-order valence-corrected chi connectivity index (χ0v) is 24.2. The second-order valence-corrected chi connectivity index (χ2v) is 9.48. The van der Waals surface area contributed by atoms with E-state index in [2.05, 4.69) is 119 Å². The molecule has 0 amide bonds. The molecular formula is C33H51N3. The third-order valence-corrected chi connectivity index (χ3v) is 6.59. The van der Waals surface area contributed by atoms with E-state index >= 15 is 0 Å². The Hall–Kier alpha value is -2.78. The molecular weight excluding hydrogens is 438 g/mol. The maximum absolute atomic E-state index is 4.63. The van der Waals surface area contributed by atoms with E-state index in [9.17, 15) is 0 Å². The van der Waals surface area contributed by atoms with Gasteiger partial charge in [0.25, 0.3) is 0 Å². The summed E-state index contributed by atoms with van der Waals surface area (Å²) in [4.78, 5) is 7.21. The average molecular weight is 490 g/mol. The van der Waals surface area contributed by atoms with Gasteiger partial charge in [0.1, 0.15) is 0 Å². The van der Waals surface area contributed by atoms with Crippen molar-refractivity contribution >= 4 is 5.69 Å². The van der Waals surface area contributed by atoms with Crippen molar-refractivity contribution in [1.82, 2.24) is 9.80 Å². The fourth-order valence-electron chi connectivity index (χ4n) is 4.58. The molecule has 1 aliphatic rings. The Kier molecular flexibility index (Phi) is 13.9. The molecule has 0 saturated carbocycles. The number of aryl methyl sites for hydroxylation is 1. The molecule has 1 aromatic carbocycles. The molecule has 1 heterocycles. The number of piperazine rings is 1. The minimum atomic E-state index is 0.230. The van der Waals surface area contributed by atoms with Crippen LogP contribution in [0.15, 0.2) is 97.0 Å². The van der Waals surface area contributed by atoms with Crippen LogP contribution in [-0.4, -0.2) is 42.0 Å². The van der Waals surface area contributed by atoms with Crippen LogP contribution in [0, 0.1) is 6.92 Å². The fraction of sp³-hybridized carbons (Fsp3) is 0.455. The monoisotopic (exact) mass is 489 g/mol. The molecule has 0 aliphatic carbocycles. The molecule has 1 aromatic rings. The van der Waals surface area contributed by atoms with E-state index in [-0.39, 0.29) is 6.04 Å². The van der Waals surface area contributed by atoms with Gasteiger partial charge in [-0.2, -0.15) is 0 Å². The lowest BCUT2D eigenvalue weighted by Gasteiger charge is -2.43. The van der Waals surface area contributed by atoms with Gasteiger partial charge in [-0.25, -0.2) is 0 Å². The molecule has 1 saturated heterocycles. The predicted octanol–water partition coefficient (Wildman–Crippen LogP) is 8.64. The molecule has 1 unspecified atom stereocenters. The molecule has 0 radical (unpaired) electrons. The summed E-state index contributed by atoms with van der Waals surface area (Å²) in [5.74, 6) is 0. The first kappa shape index (κ1) is 31.3. The molecule has 1 fully saturated rings. The summed E-state index contributed by atoms with van der Waals surface area (Å²) in [7, 11) is 0. The number of hydrogen-bond donors (Lipinski definition) is 0. The summed E-state index contributed by atoms with van der Waals surface area (Å²) in [6.45, 7) is 36.4. The molecule has 2 rings (SSSR count). The first-order valence-corrected chi connectivity index (χ1v) is 13.6. The normalized spacial score (nSPS) is 15.5. The van der Waals surface area contributed by atoms with E-state index in [1.165, 1.54) is 17.7 Å². The van der Waals surface area contributed by atoms with E-state index in [0.29, 0.717) is 0 Å². The lowest BCUT2D eigenvalue weighted by Crippen LogP contribution is -2.51. The topological polar surface area (TPSA) is 9.72 Å². The van der Waals surface area contributed by atoms with Crippen LogP contribution in [-0.2, 0) is 0 Å². The van der Waals surface area contributed by atoms with Gasteiger partial charge in [0, 0.05) is 60.6 Å². The number of hydrogen-bond acceptors (Lipinski definition) is 3. The first-order valence-electron chi connectivity index (χ1n) is 13.6. The third kappa shape index (κ3) is 8.41. The van der Waals surface area contributed by atoms with Gasteiger partial charge in [-0.3, -0.25) is 4.90 Å². The Morgan fingerprint density at radius 2 is 1.56 bits per heavy atom. The van der Waals surface area contributed by atoms with Crippen molar-refractivity contribution in [2.24, 2.45) is 0 Å². The van der Waals surface area contributed by atoms with Crippen molar-refractivity contribution in [3.05, 3.63) is 103 Å². The van der Waals surface area contributed by atoms with Crippen LogP contribution < -0.4 is 4.90 Å². The summed E-state index contributed by atoms with van der Waals surface area (Å²) in [5.41, 5.74) is 7.69. The van der Waals surface area contributed by atoms with E-state index in [4.69, 9.17) is 0 Å². The number of benzene rings is 1. The Morgan fingerprint density at radius 1 is 1.00 bits per heavy atom. The van der Waals surface area contributed by atoms with Crippen molar-refractivity contribution < 1.29 is 0 Å². The van der Waals surface area contributed by atoms with Crippen LogP contribution in [0.2, 0.25) is 0 Å². The van der Waals surface area contributed by atoms with Crippen LogP contribution in [0.1, 0.15) is 66.4 Å². The zero-order valence-electron chi connectivity index (χ0n) is 24.2. The van der Waals surface area contributed by atoms with Crippen molar-refractivity contribution in [1.29, 1.82) is 0 Å². The van der Waals surface area contributed by atoms with Gasteiger partial charge in [0.05, 0.1) is 0 Å². The van der Waals surface area contributed by atoms with Crippen LogP contribution in [0.3, 0.4) is 0 Å². The van der Waals surface area contributed by atoms with Gasteiger partial charge in [-0.05, 0) is 51.3 Å². The summed E-state index contributed by atoms with van der Waals surface area (Å²) in [6, 6.07) is 8.85. The van der Waals surface area contributed by atoms with Crippen molar-refractivity contribution in [2.75, 3.05) is 31.1 Å². The van der Waals surface area contributed by atoms with Crippen molar-refractivity contribution in [3.8, 4) is 0 Å². The number of nitrogens with zero attached hydrogens (tertiary/aromatic N) is 3. The molecule has 3 heteroatoms. The Balaban J connectivity index is 0.00000205. The highest BCUT2D eigenvalue weighted by atomic mass is 15.3. The van der Waals surface area contributed by atoms with E-state index in [0.717, 1.165) is 67.2 Å². The van der Waals surface area contributed by atoms with Crippen LogP contribution >= 0.6 is 0 Å². The Morgan fingerprint density at radius 3 is 2.00 bits per heavy atom. The van der Waals surface area contributed by atoms with Gasteiger partial charge >= 0.3 is 0 Å². The van der Waals surface area contributed by atoms with Crippen molar-refractivity contribution in [2.45, 2.75) is 73.8 Å². The Bertz CT molecular complexity index is 924. The summed E-state index contributed by atoms with van der Waals surface area (Å²) in [6.07, 6.45) is 9.31. The number of rotatable bonds is 11. The van der Waals surface area contributed by atoms with Crippen LogP contribution in [0.25, 0.3) is 0 Å². The quantitative estimate of drug-likeness (QED) is 0.288. The molecule has 0 aromatic heterocycles. The highest BCUT2D eigenvalue weighted by molar-refractivity contribution is 5.65. The first-order chi connectivity index (χ1) is 17.2. The van der Waals surface area contributed by atoms with E-state index < -0.39 is 0 Å². The summed E-state index contributed by atoms with van der Waals surface area (Å²) in [5, 5.41) is 0. The molecule has 1 atom stereocenters. The second-order valence-electron chi connectivity index (χ2n) is 9.48. The van der Waals surface area contributed by atoms with Gasteiger partial charge in [0.2, 0.25) is 0 Å². The molecule has 0 N–H and O–H groups in total. The van der Waals surface area contributed by atoms with Crippen LogP contribution in [0.5, 0.6) is 0 Å². The second kappa shape index (κ2) is 16.1. The molecule has 3 nitrogen and oxygen atoms in total. The summed E-state index contributed by atoms with van der Waals surface area (Å²) >= 11 is 0. The SMILES string of the molecule is C=C/C(C(=C)N(C(=C)C(CC)N1CCN(C(=C)CC)CC1)c1ccc(C)cc1)=C(C)\C=C/C.CCC. The molecule has 198 valence electrons. The van der Waals surface area contributed by atoms with E-state index in [1.807, 2.05) is 13.0 Å². The number of anilines is 1. The van der Waals surface area contributed by atoms with Gasteiger partial charge < -0.3 is 9.80 Å². The van der Waals surface area contributed by atoms with Crippen molar-refractivity contribution in [3.63, 3.8) is 0 Å². The third-order valence-electron chi connectivity index (χ3n) is 6.59. The van der Waals surface area contributed by atoms with Gasteiger partial charge in [0.15, 0.2) is 0 Å². The molecule has 1 aliphatic heterocycles. The maximum Gasteiger partial charge on any atom is 0.0497 e. The minimum absolute atomic E-state index is 0.230. The van der Waals surface area contributed by atoms with Crippen LogP contribution in [0.4, 0.5) is 5.69 Å². The average Bonchev–Trinajstić information content (AvgIpc) is 2.87. The zero-order chi connectivity index (χ0) is 27.3. The standard InChI is InChI=1S/C30H43N3.C3H8/c1-10-14-24(6)29(12-3)26(8)33(28-17-15-23(5)16-18-28)27(9)30(13-4)32-21-19-31(20-22-32)25(7)11-2;1-3-2/h10,12,14-18,30H,3,7-9,11,13,19-22H2,1-2,4-6H3;3H2,1-2H3/b14-10-,29-24+;. The lowest BCUT2D eigenvalue weighted by molar-refractivity contribution is 0.125. The largest absolute Gasteiger partial charge is 0.373 e. The highest BCUT2D eigenvalue weighted by Gasteiger charge is 2.29. The number of allylic oxidation sites excluding steroid dienone is 5. The van der Waals surface area contributed by atoms with Gasteiger partial charge in [-0.1, -0.05) is 96.4 Å². The predicted molar refractivity (Wildman–Crippen MR) is 162 cm³/mol. The lowest BCUT2D eigenvalue weighted by atomic mass is 10.0. The van der Waals surface area contributed by atoms with E-state index in [1.54, 1.807) is 0 Å². The molecule has 0 spiro atoms. The fourth-order valence-corrected chi connectivity index (χ4v) is 4.58. The maximum atomic E-state index is 4.63. The van der Waals surface area contributed by atoms with Gasteiger partial charge in [-0.15, -0.1) is 0 Å². The molecule has 0 bridgehead atoms.